The van der Waals surface area contributed by atoms with E-state index in [1.807, 2.05) is 0 Å². The Bertz CT molecular complexity index is 1080. The van der Waals surface area contributed by atoms with Crippen molar-refractivity contribution in [3.63, 3.8) is 0 Å². The summed E-state index contributed by atoms with van der Waals surface area (Å²) in [7, 11) is 1.36. The predicted molar refractivity (Wildman–Crippen MR) is 95.4 cm³/mol. The first-order chi connectivity index (χ1) is 13.9. The highest BCUT2D eigenvalue weighted by atomic mass is 16.7. The molecule has 0 aromatic heterocycles. The molecule has 2 aromatic rings. The van der Waals surface area contributed by atoms with Crippen molar-refractivity contribution in [3.05, 3.63) is 68.3 Å². The van der Waals surface area contributed by atoms with Gasteiger partial charge in [0.15, 0.2) is 6.79 Å². The van der Waals surface area contributed by atoms with E-state index in [0.29, 0.717) is 16.9 Å². The molecule has 148 valence electrons. The average molecular weight is 398 g/mol. The minimum absolute atomic E-state index is 0.0137. The van der Waals surface area contributed by atoms with Crippen molar-refractivity contribution in [3.8, 4) is 5.75 Å². The molecule has 2 heterocycles. The van der Waals surface area contributed by atoms with Crippen LogP contribution in [0.25, 0.3) is 0 Å². The lowest BCUT2D eigenvalue weighted by molar-refractivity contribution is -0.385. The molecular weight excluding hydrogens is 384 g/mol. The summed E-state index contributed by atoms with van der Waals surface area (Å²) in [5, 5.41) is 11.1. The number of esters is 1. The van der Waals surface area contributed by atoms with Gasteiger partial charge in [-0.1, -0.05) is 0 Å². The van der Waals surface area contributed by atoms with Crippen LogP contribution in [0.3, 0.4) is 0 Å². The lowest BCUT2D eigenvalue weighted by atomic mass is 10.1. The first-order valence-electron chi connectivity index (χ1n) is 8.51. The number of carbonyl (C=O) groups is 3. The molecule has 0 saturated heterocycles. The van der Waals surface area contributed by atoms with E-state index in [4.69, 9.17) is 14.2 Å². The van der Waals surface area contributed by atoms with Gasteiger partial charge in [-0.15, -0.1) is 0 Å². The Kier molecular flexibility index (Phi) is 4.47. The van der Waals surface area contributed by atoms with Gasteiger partial charge in [-0.25, -0.2) is 4.79 Å². The molecule has 2 amide bonds. The Morgan fingerprint density at radius 1 is 1.21 bits per heavy atom. The van der Waals surface area contributed by atoms with E-state index in [9.17, 15) is 24.5 Å². The first-order valence-corrected chi connectivity index (χ1v) is 8.51. The van der Waals surface area contributed by atoms with Crippen LogP contribution in [0.5, 0.6) is 5.75 Å². The maximum Gasteiger partial charge on any atom is 0.338 e. The summed E-state index contributed by atoms with van der Waals surface area (Å²) in [6, 6.07) is 6.70. The van der Waals surface area contributed by atoms with Gasteiger partial charge in [-0.3, -0.25) is 24.6 Å². The van der Waals surface area contributed by atoms with Crippen molar-refractivity contribution >= 4 is 23.5 Å². The molecule has 10 heteroatoms. The summed E-state index contributed by atoms with van der Waals surface area (Å²) in [6.45, 7) is -0.139. The molecule has 0 N–H and O–H groups in total. The van der Waals surface area contributed by atoms with Gasteiger partial charge in [0.05, 0.1) is 28.2 Å². The molecule has 0 unspecified atom stereocenters. The third-order valence-corrected chi connectivity index (χ3v) is 4.67. The number of nitro benzene ring substituents is 1. The molecular formula is C19H14N2O8. The predicted octanol–water partition coefficient (Wildman–Crippen LogP) is 2.04. The minimum Gasteiger partial charge on any atom is -0.467 e. The van der Waals surface area contributed by atoms with Crippen molar-refractivity contribution in [1.82, 2.24) is 4.90 Å². The quantitative estimate of drug-likeness (QED) is 0.332. The van der Waals surface area contributed by atoms with E-state index in [-0.39, 0.29) is 42.4 Å². The molecule has 10 nitrogen and oxygen atoms in total. The molecule has 0 bridgehead atoms. The van der Waals surface area contributed by atoms with Crippen LogP contribution < -0.4 is 4.74 Å². The molecule has 2 aliphatic rings. The molecule has 0 spiro atoms. The summed E-state index contributed by atoms with van der Waals surface area (Å²) in [6.07, 6.45) is 0. The summed E-state index contributed by atoms with van der Waals surface area (Å²) >= 11 is 0. The lowest BCUT2D eigenvalue weighted by Crippen LogP contribution is -2.24. The molecule has 2 aromatic carbocycles. The van der Waals surface area contributed by atoms with Crippen LogP contribution in [0.4, 0.5) is 5.69 Å². The van der Waals surface area contributed by atoms with Crippen LogP contribution in [0.1, 0.15) is 42.2 Å². The normalized spacial score (nSPS) is 14.9. The SMILES string of the molecule is CN1C(=O)c2ccc(C(=O)OCc3cc([N+](=O)[O-])cc4c3OCOC4)cc2C1=O. The van der Waals surface area contributed by atoms with Gasteiger partial charge in [0, 0.05) is 30.3 Å². The Morgan fingerprint density at radius 2 is 1.97 bits per heavy atom. The number of hydrogen-bond acceptors (Lipinski definition) is 8. The molecule has 0 radical (unpaired) electrons. The fourth-order valence-corrected chi connectivity index (χ4v) is 3.21. The number of carbonyl (C=O) groups excluding carboxylic acids is 3. The molecule has 0 atom stereocenters. The summed E-state index contributed by atoms with van der Waals surface area (Å²) in [5.41, 5.74) is 1.08. The largest absolute Gasteiger partial charge is 0.467 e. The Morgan fingerprint density at radius 3 is 2.72 bits per heavy atom. The van der Waals surface area contributed by atoms with E-state index < -0.39 is 22.7 Å². The van der Waals surface area contributed by atoms with Gasteiger partial charge in [0.25, 0.3) is 17.5 Å². The summed E-state index contributed by atoms with van der Waals surface area (Å²) in [4.78, 5) is 48.0. The Balaban J connectivity index is 1.57. The van der Waals surface area contributed by atoms with Crippen molar-refractivity contribution in [1.29, 1.82) is 0 Å². The van der Waals surface area contributed by atoms with Crippen molar-refractivity contribution in [2.24, 2.45) is 0 Å². The second-order valence-corrected chi connectivity index (χ2v) is 6.47. The average Bonchev–Trinajstić information content (AvgIpc) is 2.95. The van der Waals surface area contributed by atoms with E-state index in [2.05, 4.69) is 0 Å². The van der Waals surface area contributed by atoms with Crippen LogP contribution in [0.15, 0.2) is 30.3 Å². The third-order valence-electron chi connectivity index (χ3n) is 4.67. The maximum absolute atomic E-state index is 12.4. The second-order valence-electron chi connectivity index (χ2n) is 6.47. The number of hydrogen-bond donors (Lipinski definition) is 0. The molecule has 2 aliphatic heterocycles. The number of nitro groups is 1. The number of fused-ring (bicyclic) bond motifs is 2. The van der Waals surface area contributed by atoms with Gasteiger partial charge in [0.2, 0.25) is 0 Å². The fourth-order valence-electron chi connectivity index (χ4n) is 3.21. The fraction of sp³-hybridized carbons (Fsp3) is 0.211. The number of ether oxygens (including phenoxy) is 3. The minimum atomic E-state index is -0.741. The number of imide groups is 1. The Labute approximate surface area is 163 Å². The smallest absolute Gasteiger partial charge is 0.338 e. The number of amides is 2. The molecule has 0 fully saturated rings. The zero-order valence-corrected chi connectivity index (χ0v) is 15.2. The van der Waals surface area contributed by atoms with Crippen LogP contribution >= 0.6 is 0 Å². The molecule has 0 saturated carbocycles. The zero-order chi connectivity index (χ0) is 20.7. The number of rotatable bonds is 4. The second kappa shape index (κ2) is 6.99. The van der Waals surface area contributed by atoms with E-state index >= 15 is 0 Å². The van der Waals surface area contributed by atoms with Crippen molar-refractivity contribution in [2.45, 2.75) is 13.2 Å². The van der Waals surface area contributed by atoms with E-state index in [1.165, 1.54) is 37.4 Å². The zero-order valence-electron chi connectivity index (χ0n) is 15.2. The molecule has 0 aliphatic carbocycles. The van der Waals surface area contributed by atoms with Crippen LogP contribution in [0, 0.1) is 10.1 Å². The molecule has 4 rings (SSSR count). The first kappa shape index (κ1) is 18.6. The van der Waals surface area contributed by atoms with Gasteiger partial charge < -0.3 is 14.2 Å². The third kappa shape index (κ3) is 3.19. The standard InChI is InChI=1S/C19H14N2O8/c1-20-17(22)14-3-2-10(6-15(14)18(20)23)19(24)28-8-12-5-13(21(25)26)4-11-7-27-9-29-16(11)12/h2-6H,7-9H2,1H3. The van der Waals surface area contributed by atoms with Crippen LogP contribution in [-0.2, 0) is 22.7 Å². The number of nitrogens with zero attached hydrogens (tertiary/aromatic N) is 2. The lowest BCUT2D eigenvalue weighted by Gasteiger charge is -2.20. The van der Waals surface area contributed by atoms with E-state index in [1.54, 1.807) is 0 Å². The number of benzene rings is 2. The monoisotopic (exact) mass is 398 g/mol. The number of non-ortho nitro benzene ring substituents is 1. The van der Waals surface area contributed by atoms with Gasteiger partial charge in [0.1, 0.15) is 12.4 Å². The topological polar surface area (TPSA) is 125 Å². The highest BCUT2D eigenvalue weighted by Gasteiger charge is 2.33. The highest BCUT2D eigenvalue weighted by molar-refractivity contribution is 6.21. The maximum atomic E-state index is 12.4. The Hall–Kier alpha value is -3.79. The summed E-state index contributed by atoms with van der Waals surface area (Å²) < 4.78 is 15.8. The van der Waals surface area contributed by atoms with Crippen molar-refractivity contribution in [2.75, 3.05) is 13.8 Å². The highest BCUT2D eigenvalue weighted by Crippen LogP contribution is 2.33. The van der Waals surface area contributed by atoms with Gasteiger partial charge in [-0.2, -0.15) is 0 Å². The summed E-state index contributed by atoms with van der Waals surface area (Å²) in [5.74, 6) is -1.30. The van der Waals surface area contributed by atoms with Crippen molar-refractivity contribution < 1.29 is 33.5 Å². The van der Waals surface area contributed by atoms with E-state index in [0.717, 1.165) is 4.90 Å². The van der Waals surface area contributed by atoms with Gasteiger partial charge >= 0.3 is 5.97 Å². The van der Waals surface area contributed by atoms with Gasteiger partial charge in [-0.05, 0) is 18.2 Å². The van der Waals surface area contributed by atoms with Crippen LogP contribution in [-0.4, -0.2) is 41.4 Å². The van der Waals surface area contributed by atoms with Crippen LogP contribution in [0.2, 0.25) is 0 Å². The molecule has 29 heavy (non-hydrogen) atoms.